The Morgan fingerprint density at radius 2 is 2.12 bits per heavy atom. The van der Waals surface area contributed by atoms with E-state index in [-0.39, 0.29) is 6.04 Å². The van der Waals surface area contributed by atoms with Crippen LogP contribution in [0.4, 0.5) is 5.69 Å². The summed E-state index contributed by atoms with van der Waals surface area (Å²) in [6, 6.07) is 10.5. The lowest BCUT2D eigenvalue weighted by Gasteiger charge is -2.32. The molecule has 1 heterocycles. The van der Waals surface area contributed by atoms with Crippen LogP contribution in [0.3, 0.4) is 0 Å². The molecule has 1 aromatic carbocycles. The number of rotatable bonds is 7. The van der Waals surface area contributed by atoms with E-state index in [1.807, 2.05) is 12.3 Å². The second kappa shape index (κ2) is 9.49. The molecule has 2 rings (SSSR count). The van der Waals surface area contributed by atoms with Crippen molar-refractivity contribution in [2.75, 3.05) is 25.6 Å². The van der Waals surface area contributed by atoms with Crippen molar-refractivity contribution >= 4 is 23.0 Å². The summed E-state index contributed by atoms with van der Waals surface area (Å²) in [4.78, 5) is 6.39. The summed E-state index contributed by atoms with van der Waals surface area (Å²) in [5.41, 5.74) is 4.70. The number of hydrogen-bond donors (Lipinski definition) is 1. The Hall–Kier alpha value is -1.98. The molecule has 0 saturated carbocycles. The first-order chi connectivity index (χ1) is 12.1. The quantitative estimate of drug-likeness (QED) is 0.745. The molecule has 0 aliphatic carbocycles. The average Bonchev–Trinajstić information content (AvgIpc) is 2.64. The highest BCUT2D eigenvalue weighted by atomic mass is 32.1. The van der Waals surface area contributed by atoms with Gasteiger partial charge in [0.1, 0.15) is 0 Å². The lowest BCUT2D eigenvalue weighted by molar-refractivity contribution is 0.165. The second-order valence-corrected chi connectivity index (χ2v) is 6.43. The number of pyridine rings is 1. The highest BCUT2D eigenvalue weighted by Gasteiger charge is 2.20. The minimum Gasteiger partial charge on any atom is -0.383 e. The Morgan fingerprint density at radius 3 is 2.76 bits per heavy atom. The van der Waals surface area contributed by atoms with Crippen LogP contribution in [0.2, 0.25) is 0 Å². The number of aromatic nitrogens is 1. The molecular formula is C20H27N3OS. The first-order valence-corrected chi connectivity index (χ1v) is 9.04. The van der Waals surface area contributed by atoms with Gasteiger partial charge in [-0.15, -0.1) is 0 Å². The number of anilines is 1. The number of hydrogen-bond acceptors (Lipinski definition) is 3. The first kappa shape index (κ1) is 19.3. The zero-order chi connectivity index (χ0) is 18.2. The number of benzene rings is 1. The summed E-state index contributed by atoms with van der Waals surface area (Å²) >= 11 is 5.75. The van der Waals surface area contributed by atoms with E-state index in [0.717, 1.165) is 17.7 Å². The van der Waals surface area contributed by atoms with Gasteiger partial charge in [-0.25, -0.2) is 0 Å². The molecule has 0 bridgehead atoms. The Balaban J connectivity index is 2.24. The summed E-state index contributed by atoms with van der Waals surface area (Å²) in [6.07, 6.45) is 4.63. The molecule has 0 spiro atoms. The SMILES string of the molecule is CCc1cccc(C)c1NC(=S)N(CCOC)C(C)c1cccnc1. The van der Waals surface area contributed by atoms with Crippen molar-refractivity contribution < 1.29 is 4.74 Å². The zero-order valence-corrected chi connectivity index (χ0v) is 16.3. The largest absolute Gasteiger partial charge is 0.383 e. The minimum atomic E-state index is 0.109. The van der Waals surface area contributed by atoms with Crippen molar-refractivity contribution in [1.29, 1.82) is 0 Å². The summed E-state index contributed by atoms with van der Waals surface area (Å²) in [5.74, 6) is 0. The van der Waals surface area contributed by atoms with Crippen LogP contribution in [-0.4, -0.2) is 35.3 Å². The van der Waals surface area contributed by atoms with Gasteiger partial charge in [0.2, 0.25) is 0 Å². The predicted molar refractivity (Wildman–Crippen MR) is 108 cm³/mol. The van der Waals surface area contributed by atoms with Gasteiger partial charge in [0, 0.05) is 31.7 Å². The molecule has 0 fully saturated rings. The van der Waals surface area contributed by atoms with Crippen LogP contribution in [0, 0.1) is 6.92 Å². The van der Waals surface area contributed by atoms with Crippen molar-refractivity contribution in [2.24, 2.45) is 0 Å². The van der Waals surface area contributed by atoms with E-state index in [9.17, 15) is 0 Å². The molecule has 1 aromatic heterocycles. The first-order valence-electron chi connectivity index (χ1n) is 8.63. The normalized spacial score (nSPS) is 11.8. The highest BCUT2D eigenvalue weighted by Crippen LogP contribution is 2.24. The third kappa shape index (κ3) is 5.00. The van der Waals surface area contributed by atoms with Gasteiger partial charge >= 0.3 is 0 Å². The summed E-state index contributed by atoms with van der Waals surface area (Å²) in [7, 11) is 1.71. The van der Waals surface area contributed by atoms with Gasteiger partial charge in [-0.2, -0.15) is 0 Å². The third-order valence-electron chi connectivity index (χ3n) is 4.40. The molecule has 0 radical (unpaired) electrons. The van der Waals surface area contributed by atoms with E-state index in [1.54, 1.807) is 13.3 Å². The summed E-state index contributed by atoms with van der Waals surface area (Å²) in [6.45, 7) is 7.73. The van der Waals surface area contributed by atoms with Crippen LogP contribution < -0.4 is 5.32 Å². The van der Waals surface area contributed by atoms with Crippen LogP contribution in [0.1, 0.15) is 36.6 Å². The predicted octanol–water partition coefficient (Wildman–Crippen LogP) is 4.36. The molecule has 0 aliphatic heterocycles. The maximum absolute atomic E-state index is 5.75. The van der Waals surface area contributed by atoms with E-state index in [4.69, 9.17) is 17.0 Å². The third-order valence-corrected chi connectivity index (χ3v) is 4.74. The average molecular weight is 358 g/mol. The van der Waals surface area contributed by atoms with Gasteiger partial charge < -0.3 is 15.0 Å². The molecule has 1 atom stereocenters. The van der Waals surface area contributed by atoms with Crippen molar-refractivity contribution in [2.45, 2.75) is 33.2 Å². The standard InChI is InChI=1S/C20H27N3OS/c1-5-17-9-6-8-15(2)19(17)22-20(25)23(12-13-24-4)16(3)18-10-7-11-21-14-18/h6-11,14,16H,5,12-13H2,1-4H3,(H,22,25). The van der Waals surface area contributed by atoms with E-state index in [2.05, 4.69) is 60.2 Å². The van der Waals surface area contributed by atoms with Crippen LogP contribution in [0.15, 0.2) is 42.7 Å². The number of nitrogens with zero attached hydrogens (tertiary/aromatic N) is 2. The fourth-order valence-electron chi connectivity index (χ4n) is 2.84. The fourth-order valence-corrected chi connectivity index (χ4v) is 3.20. The van der Waals surface area contributed by atoms with E-state index in [1.165, 1.54) is 11.1 Å². The zero-order valence-electron chi connectivity index (χ0n) is 15.5. The van der Waals surface area contributed by atoms with Crippen molar-refractivity contribution in [3.05, 3.63) is 59.4 Å². The molecule has 4 nitrogen and oxygen atoms in total. The van der Waals surface area contributed by atoms with E-state index >= 15 is 0 Å². The minimum absolute atomic E-state index is 0.109. The van der Waals surface area contributed by atoms with Gasteiger partial charge in [0.05, 0.1) is 12.6 Å². The molecule has 2 aromatic rings. The molecule has 0 aliphatic rings. The number of methoxy groups -OCH3 is 1. The fraction of sp³-hybridized carbons (Fsp3) is 0.400. The lowest BCUT2D eigenvalue weighted by Crippen LogP contribution is -2.39. The molecule has 5 heteroatoms. The second-order valence-electron chi connectivity index (χ2n) is 6.04. The van der Waals surface area contributed by atoms with Crippen molar-refractivity contribution in [3.63, 3.8) is 0 Å². The molecule has 0 saturated heterocycles. The maximum atomic E-state index is 5.75. The van der Waals surface area contributed by atoms with Crippen LogP contribution in [-0.2, 0) is 11.2 Å². The molecule has 1 N–H and O–H groups in total. The van der Waals surface area contributed by atoms with E-state index < -0.39 is 0 Å². The molecule has 25 heavy (non-hydrogen) atoms. The van der Waals surface area contributed by atoms with Crippen molar-refractivity contribution in [3.8, 4) is 0 Å². The number of para-hydroxylation sites is 1. The van der Waals surface area contributed by atoms with Gasteiger partial charge in [0.25, 0.3) is 0 Å². The molecule has 1 unspecified atom stereocenters. The van der Waals surface area contributed by atoms with Crippen LogP contribution in [0.25, 0.3) is 0 Å². The monoisotopic (exact) mass is 357 g/mol. The summed E-state index contributed by atoms with van der Waals surface area (Å²) in [5, 5.41) is 4.18. The van der Waals surface area contributed by atoms with Crippen LogP contribution in [0.5, 0.6) is 0 Å². The topological polar surface area (TPSA) is 37.4 Å². The summed E-state index contributed by atoms with van der Waals surface area (Å²) < 4.78 is 5.28. The Bertz CT molecular complexity index is 691. The Kier molecular flexibility index (Phi) is 7.34. The molecular weight excluding hydrogens is 330 g/mol. The highest BCUT2D eigenvalue weighted by molar-refractivity contribution is 7.80. The van der Waals surface area contributed by atoms with Gasteiger partial charge in [-0.05, 0) is 55.2 Å². The van der Waals surface area contributed by atoms with Gasteiger partial charge in [-0.1, -0.05) is 31.2 Å². The number of nitrogens with one attached hydrogen (secondary N) is 1. The Morgan fingerprint density at radius 1 is 1.32 bits per heavy atom. The lowest BCUT2D eigenvalue weighted by atomic mass is 10.1. The molecule has 134 valence electrons. The number of aryl methyl sites for hydroxylation is 2. The number of thiocarbonyl (C=S) groups is 1. The van der Waals surface area contributed by atoms with Gasteiger partial charge in [-0.3, -0.25) is 4.98 Å². The Labute approximate surface area is 156 Å². The van der Waals surface area contributed by atoms with Gasteiger partial charge in [0.15, 0.2) is 5.11 Å². The smallest absolute Gasteiger partial charge is 0.174 e. The number of ether oxygens (including phenoxy) is 1. The molecule has 0 amide bonds. The van der Waals surface area contributed by atoms with Crippen molar-refractivity contribution in [1.82, 2.24) is 9.88 Å². The van der Waals surface area contributed by atoms with Crippen LogP contribution >= 0.6 is 12.2 Å². The van der Waals surface area contributed by atoms with E-state index in [0.29, 0.717) is 18.3 Å². The maximum Gasteiger partial charge on any atom is 0.174 e.